The van der Waals surface area contributed by atoms with Crippen molar-refractivity contribution in [3.63, 3.8) is 0 Å². The van der Waals surface area contributed by atoms with Crippen molar-refractivity contribution in [1.82, 2.24) is 9.80 Å². The van der Waals surface area contributed by atoms with E-state index in [2.05, 4.69) is 0 Å². The molecule has 1 amide bonds. The molecule has 2 unspecified atom stereocenters. The zero-order chi connectivity index (χ0) is 11.7. The fourth-order valence-corrected chi connectivity index (χ4v) is 2.45. The van der Waals surface area contributed by atoms with Gasteiger partial charge >= 0.3 is 5.97 Å². The summed E-state index contributed by atoms with van der Waals surface area (Å²) in [5.41, 5.74) is 5.49. The number of rotatable bonds is 3. The van der Waals surface area contributed by atoms with Crippen molar-refractivity contribution >= 4 is 11.9 Å². The molecule has 0 aromatic rings. The van der Waals surface area contributed by atoms with Crippen LogP contribution < -0.4 is 5.73 Å². The van der Waals surface area contributed by atoms with Gasteiger partial charge in [-0.15, -0.1) is 0 Å². The molecule has 2 rings (SSSR count). The van der Waals surface area contributed by atoms with Gasteiger partial charge in [0.1, 0.15) is 6.04 Å². The van der Waals surface area contributed by atoms with E-state index >= 15 is 0 Å². The fourth-order valence-electron chi connectivity index (χ4n) is 2.45. The summed E-state index contributed by atoms with van der Waals surface area (Å²) in [5, 5.41) is 8.73. The minimum Gasteiger partial charge on any atom is -0.480 e. The Balaban J connectivity index is 1.87. The summed E-state index contributed by atoms with van der Waals surface area (Å²) < 4.78 is 0. The van der Waals surface area contributed by atoms with E-state index in [4.69, 9.17) is 10.8 Å². The second-order valence-corrected chi connectivity index (χ2v) is 4.48. The third-order valence-electron chi connectivity index (χ3n) is 3.35. The average molecular weight is 227 g/mol. The number of hydrogen-bond donors (Lipinski definition) is 2. The van der Waals surface area contributed by atoms with Crippen LogP contribution in [-0.4, -0.2) is 65.0 Å². The highest BCUT2D eigenvalue weighted by Gasteiger charge is 2.35. The second-order valence-electron chi connectivity index (χ2n) is 4.48. The Morgan fingerprint density at radius 3 is 3.00 bits per heavy atom. The number of carbonyl (C=O) groups excluding carboxylic acids is 1. The summed E-state index contributed by atoms with van der Waals surface area (Å²) in [6.07, 6.45) is 1.52. The maximum Gasteiger partial charge on any atom is 0.321 e. The van der Waals surface area contributed by atoms with Crippen molar-refractivity contribution in [1.29, 1.82) is 0 Å². The number of aliphatic carboxylic acids is 1. The quantitative estimate of drug-likeness (QED) is 0.626. The molecular formula is C10H17N3O3. The highest BCUT2D eigenvalue weighted by molar-refractivity contribution is 5.79. The molecular weight excluding hydrogens is 210 g/mol. The van der Waals surface area contributed by atoms with Crippen molar-refractivity contribution in [3.8, 4) is 0 Å². The molecule has 3 N–H and O–H groups in total. The number of fused-ring (bicyclic) bond motifs is 1. The lowest BCUT2D eigenvalue weighted by Crippen LogP contribution is -2.54. The van der Waals surface area contributed by atoms with E-state index in [9.17, 15) is 9.59 Å². The molecule has 2 saturated heterocycles. The van der Waals surface area contributed by atoms with Crippen LogP contribution in [0.25, 0.3) is 0 Å². The fraction of sp³-hybridized carbons (Fsp3) is 0.800. The third kappa shape index (κ3) is 2.17. The SMILES string of the molecule is NC(CN1CCN2C(=O)CCC2C1)C(=O)O. The number of nitrogens with two attached hydrogens (primary N) is 1. The van der Waals surface area contributed by atoms with Crippen LogP contribution in [0.5, 0.6) is 0 Å². The average Bonchev–Trinajstić information content (AvgIpc) is 2.60. The van der Waals surface area contributed by atoms with Crippen LogP contribution in [0.15, 0.2) is 0 Å². The first-order valence-corrected chi connectivity index (χ1v) is 5.58. The van der Waals surface area contributed by atoms with Gasteiger partial charge in [-0.1, -0.05) is 0 Å². The Labute approximate surface area is 94.0 Å². The first-order valence-electron chi connectivity index (χ1n) is 5.58. The summed E-state index contributed by atoms with van der Waals surface area (Å²) >= 11 is 0. The topological polar surface area (TPSA) is 86.9 Å². The zero-order valence-electron chi connectivity index (χ0n) is 9.13. The van der Waals surface area contributed by atoms with Gasteiger partial charge in [0.2, 0.25) is 5.91 Å². The van der Waals surface area contributed by atoms with Gasteiger partial charge in [-0.25, -0.2) is 0 Å². The van der Waals surface area contributed by atoms with Crippen LogP contribution in [0.2, 0.25) is 0 Å². The van der Waals surface area contributed by atoms with Crippen LogP contribution in [0.1, 0.15) is 12.8 Å². The summed E-state index contributed by atoms with van der Waals surface area (Å²) in [5.74, 6) is -0.739. The molecule has 6 nitrogen and oxygen atoms in total. The summed E-state index contributed by atoms with van der Waals surface area (Å²) in [6, 6.07) is -0.564. The number of hydrogen-bond acceptors (Lipinski definition) is 4. The van der Waals surface area contributed by atoms with Crippen molar-refractivity contribution in [2.75, 3.05) is 26.2 Å². The highest BCUT2D eigenvalue weighted by Crippen LogP contribution is 2.22. The summed E-state index contributed by atoms with van der Waals surface area (Å²) in [4.78, 5) is 26.0. The number of nitrogens with zero attached hydrogens (tertiary/aromatic N) is 2. The van der Waals surface area contributed by atoms with E-state index in [-0.39, 0.29) is 11.9 Å². The highest BCUT2D eigenvalue weighted by atomic mass is 16.4. The number of carbonyl (C=O) groups is 2. The van der Waals surface area contributed by atoms with Gasteiger partial charge in [0.25, 0.3) is 0 Å². The molecule has 2 aliphatic heterocycles. The standard InChI is InChI=1S/C10H17N3O3/c11-8(10(15)16)6-12-3-4-13-7(5-12)1-2-9(13)14/h7-8H,1-6,11H2,(H,15,16). The molecule has 0 bridgehead atoms. The Hall–Kier alpha value is -1.14. The smallest absolute Gasteiger partial charge is 0.321 e. The van der Waals surface area contributed by atoms with Crippen molar-refractivity contribution in [2.24, 2.45) is 5.73 Å². The van der Waals surface area contributed by atoms with E-state index in [1.54, 1.807) is 0 Å². The number of piperazine rings is 1. The van der Waals surface area contributed by atoms with Gasteiger partial charge in [0, 0.05) is 38.6 Å². The first kappa shape index (κ1) is 11.3. The van der Waals surface area contributed by atoms with Crippen molar-refractivity contribution in [3.05, 3.63) is 0 Å². The Kier molecular flexibility index (Phi) is 3.11. The van der Waals surface area contributed by atoms with E-state index < -0.39 is 12.0 Å². The lowest BCUT2D eigenvalue weighted by Gasteiger charge is -2.38. The van der Waals surface area contributed by atoms with Gasteiger partial charge in [0.15, 0.2) is 0 Å². The molecule has 0 aromatic carbocycles. The van der Waals surface area contributed by atoms with Crippen LogP contribution in [0.4, 0.5) is 0 Å². The number of amides is 1. The maximum atomic E-state index is 11.4. The molecule has 0 aromatic heterocycles. The van der Waals surface area contributed by atoms with Crippen LogP contribution in [0.3, 0.4) is 0 Å². The van der Waals surface area contributed by atoms with E-state index in [1.165, 1.54) is 0 Å². The van der Waals surface area contributed by atoms with Crippen molar-refractivity contribution in [2.45, 2.75) is 24.9 Å². The van der Waals surface area contributed by atoms with Gasteiger partial charge in [0.05, 0.1) is 0 Å². The first-order chi connectivity index (χ1) is 7.58. The normalized spacial score (nSPS) is 27.9. The molecule has 2 atom stereocenters. The lowest BCUT2D eigenvalue weighted by atomic mass is 10.1. The van der Waals surface area contributed by atoms with E-state index in [0.29, 0.717) is 19.5 Å². The molecule has 0 spiro atoms. The summed E-state index contributed by atoms with van der Waals surface area (Å²) in [7, 11) is 0. The zero-order valence-corrected chi connectivity index (χ0v) is 9.13. The van der Waals surface area contributed by atoms with Gasteiger partial charge in [-0.05, 0) is 6.42 Å². The third-order valence-corrected chi connectivity index (χ3v) is 3.35. The molecule has 6 heteroatoms. The molecule has 2 aliphatic rings. The van der Waals surface area contributed by atoms with Crippen LogP contribution in [-0.2, 0) is 9.59 Å². The van der Waals surface area contributed by atoms with Gasteiger partial charge in [-0.3, -0.25) is 14.5 Å². The van der Waals surface area contributed by atoms with Crippen LogP contribution in [0, 0.1) is 0 Å². The predicted octanol–water partition coefficient (Wildman–Crippen LogP) is -1.30. The molecule has 90 valence electrons. The number of carboxylic acids is 1. The van der Waals surface area contributed by atoms with E-state index in [1.807, 2.05) is 9.80 Å². The minimum absolute atomic E-state index is 0.229. The molecule has 0 radical (unpaired) electrons. The van der Waals surface area contributed by atoms with Gasteiger partial charge in [-0.2, -0.15) is 0 Å². The van der Waals surface area contributed by atoms with Crippen LogP contribution >= 0.6 is 0 Å². The number of carboxylic acid groups (broad SMARTS) is 1. The molecule has 0 aliphatic carbocycles. The van der Waals surface area contributed by atoms with Gasteiger partial charge < -0.3 is 15.7 Å². The minimum atomic E-state index is -0.968. The Bertz CT molecular complexity index is 308. The molecule has 16 heavy (non-hydrogen) atoms. The maximum absolute atomic E-state index is 11.4. The largest absolute Gasteiger partial charge is 0.480 e. The Morgan fingerprint density at radius 2 is 2.31 bits per heavy atom. The molecule has 0 saturated carbocycles. The summed E-state index contributed by atoms with van der Waals surface area (Å²) in [6.45, 7) is 2.56. The molecule has 2 fully saturated rings. The predicted molar refractivity (Wildman–Crippen MR) is 56.8 cm³/mol. The van der Waals surface area contributed by atoms with E-state index in [0.717, 1.165) is 19.5 Å². The lowest BCUT2D eigenvalue weighted by molar-refractivity contribution is -0.139. The van der Waals surface area contributed by atoms with Crippen molar-refractivity contribution < 1.29 is 14.7 Å². The molecule has 2 heterocycles. The second kappa shape index (κ2) is 4.39. The Morgan fingerprint density at radius 1 is 1.56 bits per heavy atom. The monoisotopic (exact) mass is 227 g/mol.